The molecule has 1 aliphatic heterocycles. The van der Waals surface area contributed by atoms with Crippen LogP contribution in [0.5, 0.6) is 0 Å². The molecule has 1 fully saturated rings. The Kier molecular flexibility index (Phi) is 5.14. The van der Waals surface area contributed by atoms with Crippen molar-refractivity contribution >= 4 is 34.1 Å². The minimum atomic E-state index is 0.114. The smallest absolute Gasteiger partial charge is 0.246 e. The standard InChI is InChI=1S/C22H22N2OS/c25-22(11-10-20-8-4-16-26-20)24-14-12-23(13-15-24)17-19-7-3-6-18-5-1-2-9-21(18)19/h1-11,16H,12-15,17H2/b11-10+. The highest BCUT2D eigenvalue weighted by Gasteiger charge is 2.20. The number of thiophene rings is 1. The number of rotatable bonds is 4. The van der Waals surface area contributed by atoms with Crippen LogP contribution < -0.4 is 0 Å². The zero-order valence-electron chi connectivity index (χ0n) is 14.7. The van der Waals surface area contributed by atoms with E-state index in [0.29, 0.717) is 0 Å². The van der Waals surface area contributed by atoms with Crippen molar-refractivity contribution in [2.24, 2.45) is 0 Å². The highest BCUT2D eigenvalue weighted by molar-refractivity contribution is 7.10. The van der Waals surface area contributed by atoms with Gasteiger partial charge in [-0.2, -0.15) is 0 Å². The van der Waals surface area contributed by atoms with Crippen LogP contribution in [0.1, 0.15) is 10.4 Å². The van der Waals surface area contributed by atoms with Crippen molar-refractivity contribution in [2.45, 2.75) is 6.54 Å². The Morgan fingerprint density at radius 2 is 1.77 bits per heavy atom. The van der Waals surface area contributed by atoms with Gasteiger partial charge in [-0.1, -0.05) is 48.5 Å². The van der Waals surface area contributed by atoms with Crippen LogP contribution in [-0.4, -0.2) is 41.9 Å². The molecule has 1 aromatic heterocycles. The van der Waals surface area contributed by atoms with Gasteiger partial charge in [-0.25, -0.2) is 0 Å². The number of piperazine rings is 1. The highest BCUT2D eigenvalue weighted by atomic mass is 32.1. The Hall–Kier alpha value is -2.43. The molecule has 132 valence electrons. The fraction of sp³-hybridized carbons (Fsp3) is 0.227. The van der Waals surface area contributed by atoms with E-state index in [0.717, 1.165) is 37.6 Å². The van der Waals surface area contributed by atoms with Crippen molar-refractivity contribution in [1.82, 2.24) is 9.80 Å². The summed E-state index contributed by atoms with van der Waals surface area (Å²) in [4.78, 5) is 17.9. The molecule has 0 N–H and O–H groups in total. The molecule has 4 heteroatoms. The topological polar surface area (TPSA) is 23.6 Å². The molecular weight excluding hydrogens is 340 g/mol. The average Bonchev–Trinajstić information content (AvgIpc) is 3.21. The number of amides is 1. The van der Waals surface area contributed by atoms with E-state index in [4.69, 9.17) is 0 Å². The molecule has 1 aliphatic rings. The maximum atomic E-state index is 12.4. The maximum absolute atomic E-state index is 12.4. The number of hydrogen-bond donors (Lipinski definition) is 0. The van der Waals surface area contributed by atoms with Gasteiger partial charge in [-0.05, 0) is 33.9 Å². The van der Waals surface area contributed by atoms with E-state index in [-0.39, 0.29) is 5.91 Å². The second-order valence-corrected chi connectivity index (χ2v) is 7.57. The average molecular weight is 362 g/mol. The fourth-order valence-electron chi connectivity index (χ4n) is 3.44. The summed E-state index contributed by atoms with van der Waals surface area (Å²) in [5, 5.41) is 4.64. The lowest BCUT2D eigenvalue weighted by Crippen LogP contribution is -2.47. The highest BCUT2D eigenvalue weighted by Crippen LogP contribution is 2.20. The largest absolute Gasteiger partial charge is 0.337 e. The van der Waals surface area contributed by atoms with E-state index in [2.05, 4.69) is 47.4 Å². The molecule has 0 atom stereocenters. The fourth-order valence-corrected chi connectivity index (χ4v) is 4.06. The van der Waals surface area contributed by atoms with E-state index in [1.54, 1.807) is 17.4 Å². The number of hydrogen-bond acceptors (Lipinski definition) is 3. The van der Waals surface area contributed by atoms with E-state index in [9.17, 15) is 4.79 Å². The van der Waals surface area contributed by atoms with Gasteiger partial charge in [0.05, 0.1) is 0 Å². The first kappa shape index (κ1) is 17.0. The van der Waals surface area contributed by atoms with Gasteiger partial charge in [0.15, 0.2) is 0 Å². The van der Waals surface area contributed by atoms with E-state index >= 15 is 0 Å². The molecule has 0 saturated carbocycles. The van der Waals surface area contributed by atoms with Gasteiger partial charge < -0.3 is 4.90 Å². The lowest BCUT2D eigenvalue weighted by molar-refractivity contribution is -0.127. The van der Waals surface area contributed by atoms with Crippen LogP contribution in [0.2, 0.25) is 0 Å². The van der Waals surface area contributed by atoms with Gasteiger partial charge >= 0.3 is 0 Å². The minimum Gasteiger partial charge on any atom is -0.337 e. The van der Waals surface area contributed by atoms with E-state index in [1.807, 2.05) is 28.5 Å². The third-order valence-electron chi connectivity index (χ3n) is 4.89. The summed E-state index contributed by atoms with van der Waals surface area (Å²) >= 11 is 1.65. The molecule has 1 saturated heterocycles. The van der Waals surface area contributed by atoms with Crippen LogP contribution in [0.25, 0.3) is 16.8 Å². The molecule has 0 radical (unpaired) electrons. The summed E-state index contributed by atoms with van der Waals surface area (Å²) in [6.07, 6.45) is 3.61. The predicted molar refractivity (Wildman–Crippen MR) is 109 cm³/mol. The summed E-state index contributed by atoms with van der Waals surface area (Å²) < 4.78 is 0. The monoisotopic (exact) mass is 362 g/mol. The Morgan fingerprint density at radius 1 is 0.962 bits per heavy atom. The summed E-state index contributed by atoms with van der Waals surface area (Å²) in [6.45, 7) is 4.36. The summed E-state index contributed by atoms with van der Waals surface area (Å²) in [7, 11) is 0. The van der Waals surface area contributed by atoms with Gasteiger partial charge in [0.25, 0.3) is 0 Å². The van der Waals surface area contributed by atoms with Crippen molar-refractivity contribution in [3.63, 3.8) is 0 Å². The van der Waals surface area contributed by atoms with Crippen LogP contribution in [0, 0.1) is 0 Å². The Labute approximate surface area is 158 Å². The minimum absolute atomic E-state index is 0.114. The van der Waals surface area contributed by atoms with Gasteiger partial charge in [0.2, 0.25) is 5.91 Å². The number of nitrogens with zero attached hydrogens (tertiary/aromatic N) is 2. The third-order valence-corrected chi connectivity index (χ3v) is 5.73. The molecular formula is C22H22N2OS. The predicted octanol–water partition coefficient (Wildman–Crippen LogP) is 4.26. The molecule has 3 nitrogen and oxygen atoms in total. The summed E-state index contributed by atoms with van der Waals surface area (Å²) in [5.41, 5.74) is 1.36. The molecule has 26 heavy (non-hydrogen) atoms. The number of carbonyl (C=O) groups is 1. The Morgan fingerprint density at radius 3 is 2.58 bits per heavy atom. The lowest BCUT2D eigenvalue weighted by Gasteiger charge is -2.34. The van der Waals surface area contributed by atoms with Crippen molar-refractivity contribution in [3.05, 3.63) is 76.5 Å². The first-order chi connectivity index (χ1) is 12.8. The molecule has 2 heterocycles. The SMILES string of the molecule is O=C(/C=C/c1cccs1)N1CCN(Cc2cccc3ccccc23)CC1. The van der Waals surface area contributed by atoms with Gasteiger partial charge in [-0.15, -0.1) is 11.3 Å². The van der Waals surface area contributed by atoms with Gasteiger partial charge in [-0.3, -0.25) is 9.69 Å². The van der Waals surface area contributed by atoms with Crippen molar-refractivity contribution in [1.29, 1.82) is 0 Å². The molecule has 1 amide bonds. The summed E-state index contributed by atoms with van der Waals surface area (Å²) in [6, 6.07) is 19.1. The van der Waals surface area contributed by atoms with Gasteiger partial charge in [0.1, 0.15) is 0 Å². The zero-order valence-corrected chi connectivity index (χ0v) is 15.5. The first-order valence-corrected chi connectivity index (χ1v) is 9.87. The van der Waals surface area contributed by atoms with Crippen molar-refractivity contribution in [3.8, 4) is 0 Å². The molecule has 4 rings (SSSR count). The normalized spacial score (nSPS) is 15.8. The number of carbonyl (C=O) groups excluding carboxylic acids is 1. The molecule has 0 aliphatic carbocycles. The number of fused-ring (bicyclic) bond motifs is 1. The Balaban J connectivity index is 1.35. The van der Waals surface area contributed by atoms with Crippen LogP contribution in [0.4, 0.5) is 0 Å². The molecule has 0 unspecified atom stereocenters. The quantitative estimate of drug-likeness (QED) is 0.648. The van der Waals surface area contributed by atoms with Crippen LogP contribution in [0.15, 0.2) is 66.1 Å². The Bertz CT molecular complexity index is 904. The molecule has 0 spiro atoms. The zero-order chi connectivity index (χ0) is 17.8. The maximum Gasteiger partial charge on any atom is 0.246 e. The third kappa shape index (κ3) is 3.87. The van der Waals surface area contributed by atoms with Gasteiger partial charge in [0, 0.05) is 43.7 Å². The lowest BCUT2D eigenvalue weighted by atomic mass is 10.0. The van der Waals surface area contributed by atoms with Crippen LogP contribution >= 0.6 is 11.3 Å². The first-order valence-electron chi connectivity index (χ1n) is 8.99. The van der Waals surface area contributed by atoms with Crippen molar-refractivity contribution < 1.29 is 4.79 Å². The molecule has 2 aromatic carbocycles. The van der Waals surface area contributed by atoms with Crippen molar-refractivity contribution in [2.75, 3.05) is 26.2 Å². The van der Waals surface area contributed by atoms with Crippen LogP contribution in [-0.2, 0) is 11.3 Å². The second kappa shape index (κ2) is 7.85. The molecule has 0 bridgehead atoms. The molecule has 3 aromatic rings. The number of benzene rings is 2. The summed E-state index contributed by atoms with van der Waals surface area (Å²) in [5.74, 6) is 0.114. The van der Waals surface area contributed by atoms with E-state index < -0.39 is 0 Å². The second-order valence-electron chi connectivity index (χ2n) is 6.59. The van der Waals surface area contributed by atoms with Crippen LogP contribution in [0.3, 0.4) is 0 Å². The van der Waals surface area contributed by atoms with E-state index in [1.165, 1.54) is 16.3 Å².